The van der Waals surface area contributed by atoms with Crippen molar-refractivity contribution in [2.24, 2.45) is 0 Å². The highest BCUT2D eigenvalue weighted by Crippen LogP contribution is 2.43. The number of phosphoric ester groups is 2. The van der Waals surface area contributed by atoms with E-state index in [0.29, 0.717) is 12.8 Å². The topological polar surface area (TPSA) is 212 Å². The maximum atomic E-state index is 12.6. The van der Waals surface area contributed by atoms with Gasteiger partial charge in [-0.15, -0.1) is 0 Å². The second kappa shape index (κ2) is 40.7. The normalized spacial score (nSPS) is 14.7. The SMILES string of the molecule is CCCCC/C=C\C/C=C\C/C=C\C=C\C(=O)CCCC(=O)OC[C@H](COP(=O)(O)OC[C@@H](O)COP(=O)(O)O)OC(=O)CCC/C=C\C/C=C\C/C=C\CCCCCCCC. The summed E-state index contributed by atoms with van der Waals surface area (Å²) in [7, 11) is -9.78. The van der Waals surface area contributed by atoms with Gasteiger partial charge in [0, 0.05) is 19.3 Å². The van der Waals surface area contributed by atoms with E-state index in [1.54, 1.807) is 12.2 Å². The van der Waals surface area contributed by atoms with Crippen molar-refractivity contribution < 1.29 is 66.3 Å². The molecule has 0 rings (SSSR count). The summed E-state index contributed by atoms with van der Waals surface area (Å²) in [6.45, 7) is 1.38. The summed E-state index contributed by atoms with van der Waals surface area (Å²) >= 11 is 0. The van der Waals surface area contributed by atoms with Gasteiger partial charge in [-0.2, -0.15) is 0 Å². The van der Waals surface area contributed by atoms with Crippen LogP contribution in [0.2, 0.25) is 0 Å². The van der Waals surface area contributed by atoms with Crippen LogP contribution in [0.3, 0.4) is 0 Å². The van der Waals surface area contributed by atoms with Gasteiger partial charge in [-0.3, -0.25) is 28.0 Å². The van der Waals surface area contributed by atoms with Crippen LogP contribution in [0.4, 0.5) is 0 Å². The van der Waals surface area contributed by atoms with Gasteiger partial charge in [0.05, 0.1) is 19.8 Å². The fourth-order valence-electron chi connectivity index (χ4n) is 5.32. The number of hydrogen-bond donors (Lipinski definition) is 4. The maximum absolute atomic E-state index is 12.6. The van der Waals surface area contributed by atoms with Gasteiger partial charge in [0.1, 0.15) is 12.7 Å². The van der Waals surface area contributed by atoms with E-state index in [-0.39, 0.29) is 31.5 Å². The van der Waals surface area contributed by atoms with Crippen LogP contribution in [0.25, 0.3) is 0 Å². The molecule has 0 aromatic rings. The zero-order valence-corrected chi connectivity index (χ0v) is 39.0. The molecular weight excluding hydrogens is 838 g/mol. The Labute approximate surface area is 371 Å². The van der Waals surface area contributed by atoms with Gasteiger partial charge in [0.15, 0.2) is 11.9 Å². The van der Waals surface area contributed by atoms with Crippen molar-refractivity contribution in [2.75, 3.05) is 26.4 Å². The molecule has 0 fully saturated rings. The fraction of sp³-hybridized carbons (Fsp3) is 0.630. The Hall–Kier alpha value is -3.03. The van der Waals surface area contributed by atoms with Crippen molar-refractivity contribution in [3.05, 3.63) is 85.1 Å². The first-order valence-corrected chi connectivity index (χ1v) is 25.3. The number of hydrogen-bond acceptors (Lipinski definition) is 11. The number of esters is 2. The van der Waals surface area contributed by atoms with Crippen LogP contribution in [0.5, 0.6) is 0 Å². The third-order valence-corrected chi connectivity index (χ3v) is 10.2. The molecule has 4 N–H and O–H groups in total. The van der Waals surface area contributed by atoms with Crippen molar-refractivity contribution in [1.82, 2.24) is 0 Å². The minimum Gasteiger partial charge on any atom is -0.462 e. The summed E-state index contributed by atoms with van der Waals surface area (Å²) in [5.74, 6) is -1.52. The monoisotopic (exact) mass is 914 g/mol. The van der Waals surface area contributed by atoms with E-state index in [4.69, 9.17) is 23.8 Å². The molecule has 0 aliphatic heterocycles. The molecule has 354 valence electrons. The van der Waals surface area contributed by atoms with Gasteiger partial charge in [-0.25, -0.2) is 9.13 Å². The first-order chi connectivity index (χ1) is 29.8. The van der Waals surface area contributed by atoms with Crippen molar-refractivity contribution in [3.8, 4) is 0 Å². The van der Waals surface area contributed by atoms with E-state index >= 15 is 0 Å². The number of aliphatic hydroxyl groups is 1. The van der Waals surface area contributed by atoms with Gasteiger partial charge < -0.3 is 29.3 Å². The number of ether oxygens (including phenoxy) is 2. The molecule has 3 atom stereocenters. The summed E-state index contributed by atoms with van der Waals surface area (Å²) in [4.78, 5) is 64.9. The number of allylic oxidation sites excluding steroid dienone is 14. The first-order valence-electron chi connectivity index (χ1n) is 22.2. The van der Waals surface area contributed by atoms with Crippen molar-refractivity contribution in [3.63, 3.8) is 0 Å². The second-order valence-electron chi connectivity index (χ2n) is 14.6. The number of carbonyl (C=O) groups excluding carboxylic acids is 3. The quantitative estimate of drug-likeness (QED) is 0.0112. The second-order valence-corrected chi connectivity index (χ2v) is 17.3. The highest BCUT2D eigenvalue weighted by Gasteiger charge is 2.28. The Kier molecular flexibility index (Phi) is 38.7. The molecule has 0 radical (unpaired) electrons. The van der Waals surface area contributed by atoms with Crippen LogP contribution in [0.15, 0.2) is 85.1 Å². The molecule has 0 bridgehead atoms. The molecule has 1 unspecified atom stereocenters. The van der Waals surface area contributed by atoms with Gasteiger partial charge >= 0.3 is 27.6 Å². The van der Waals surface area contributed by atoms with Crippen LogP contribution >= 0.6 is 15.6 Å². The third-order valence-electron chi connectivity index (χ3n) is 8.72. The molecule has 14 nitrogen and oxygen atoms in total. The van der Waals surface area contributed by atoms with Gasteiger partial charge in [0.2, 0.25) is 0 Å². The molecule has 0 aromatic heterocycles. The summed E-state index contributed by atoms with van der Waals surface area (Å²) in [5.41, 5.74) is 0. The summed E-state index contributed by atoms with van der Waals surface area (Å²) in [6.07, 6.45) is 43.1. The smallest absolute Gasteiger partial charge is 0.462 e. The van der Waals surface area contributed by atoms with Crippen LogP contribution in [-0.2, 0) is 46.6 Å². The highest BCUT2D eigenvalue weighted by molar-refractivity contribution is 7.47. The zero-order chi connectivity index (χ0) is 46.0. The molecule has 0 heterocycles. The Morgan fingerprint density at radius 1 is 0.516 bits per heavy atom. The van der Waals surface area contributed by atoms with E-state index in [1.807, 2.05) is 18.2 Å². The van der Waals surface area contributed by atoms with E-state index in [2.05, 4.69) is 71.5 Å². The van der Waals surface area contributed by atoms with E-state index in [0.717, 1.165) is 38.5 Å². The Morgan fingerprint density at radius 3 is 1.61 bits per heavy atom. The molecule has 0 aliphatic rings. The summed E-state index contributed by atoms with van der Waals surface area (Å²) in [5, 5.41) is 9.74. The highest BCUT2D eigenvalue weighted by atomic mass is 31.2. The number of carbonyl (C=O) groups is 3. The predicted molar refractivity (Wildman–Crippen MR) is 244 cm³/mol. The number of aliphatic hydroxyl groups excluding tert-OH is 1. The Bertz CT molecular complexity index is 1480. The average molecular weight is 915 g/mol. The average Bonchev–Trinajstić information content (AvgIpc) is 3.22. The molecule has 0 aromatic carbocycles. The standard InChI is InChI=1S/C46H76O14P2/c1-3-5-7-9-11-13-15-17-18-19-20-22-24-26-28-30-32-36-46(50)60-44(41-59-62(54,55)58-39-43(48)38-57-61(51,52)53)40-56-45(49)37-33-35-42(47)34-31-29-27-25-23-21-16-14-12-10-8-6-4-2/h12,14,17-18,20-23,26-29,31,34,43-44,48H,3-11,13,15-16,19,24-25,30,32-33,35-41H2,1-2H3,(H,54,55)(H2,51,52,53)/b14-12-,18-17-,22-20-,23-21-,28-26-,29-27-,34-31+/t43-,44+/m0/s1. The molecule has 62 heavy (non-hydrogen) atoms. The number of ketones is 1. The fourth-order valence-corrected chi connectivity index (χ4v) is 6.47. The van der Waals surface area contributed by atoms with Crippen LogP contribution in [0.1, 0.15) is 149 Å². The minimum atomic E-state index is -4.90. The number of rotatable bonds is 41. The Balaban J connectivity index is 4.79. The van der Waals surface area contributed by atoms with Crippen LogP contribution in [0, 0.1) is 0 Å². The first kappa shape index (κ1) is 59.0. The lowest BCUT2D eigenvalue weighted by molar-refractivity contribution is -0.161. The third kappa shape index (κ3) is 43.6. The number of phosphoric acid groups is 2. The largest absolute Gasteiger partial charge is 0.472 e. The van der Waals surface area contributed by atoms with E-state index < -0.39 is 66.2 Å². The van der Waals surface area contributed by atoms with Crippen LogP contribution < -0.4 is 0 Å². The molecule has 16 heteroatoms. The molecule has 0 saturated carbocycles. The molecule has 0 amide bonds. The molecule has 0 aliphatic carbocycles. The van der Waals surface area contributed by atoms with Gasteiger partial charge in [-0.1, -0.05) is 138 Å². The Morgan fingerprint density at radius 2 is 1.00 bits per heavy atom. The lowest BCUT2D eigenvalue weighted by atomic mass is 10.1. The van der Waals surface area contributed by atoms with Gasteiger partial charge in [-0.05, 0) is 76.7 Å². The van der Waals surface area contributed by atoms with Crippen molar-refractivity contribution in [1.29, 1.82) is 0 Å². The maximum Gasteiger partial charge on any atom is 0.472 e. The molecule has 0 spiro atoms. The van der Waals surface area contributed by atoms with Crippen LogP contribution in [-0.4, -0.2) is 76.1 Å². The zero-order valence-electron chi connectivity index (χ0n) is 37.2. The molecular formula is C46H76O14P2. The lowest BCUT2D eigenvalue weighted by Crippen LogP contribution is -2.30. The summed E-state index contributed by atoms with van der Waals surface area (Å²) < 4.78 is 47.5. The van der Waals surface area contributed by atoms with E-state index in [9.17, 15) is 33.5 Å². The summed E-state index contributed by atoms with van der Waals surface area (Å²) in [6, 6.07) is 0. The van der Waals surface area contributed by atoms with Crippen molar-refractivity contribution in [2.45, 2.75) is 161 Å². The van der Waals surface area contributed by atoms with Crippen molar-refractivity contribution >= 4 is 33.4 Å². The van der Waals surface area contributed by atoms with E-state index in [1.165, 1.54) is 63.9 Å². The predicted octanol–water partition coefficient (Wildman–Crippen LogP) is 10.7. The van der Waals surface area contributed by atoms with Gasteiger partial charge in [0.25, 0.3) is 0 Å². The minimum absolute atomic E-state index is 0.00540. The number of unbranched alkanes of at least 4 members (excludes halogenated alkanes) is 10. The lowest BCUT2D eigenvalue weighted by Gasteiger charge is -2.20. The molecule has 0 saturated heterocycles.